The van der Waals surface area contributed by atoms with Gasteiger partial charge in [-0.2, -0.15) is 9.49 Å². The van der Waals surface area contributed by atoms with Crippen LogP contribution in [0.5, 0.6) is 5.75 Å². The first kappa shape index (κ1) is 11.7. The topological polar surface area (TPSA) is 64.1 Å². The molecule has 0 aliphatic heterocycles. The third kappa shape index (κ3) is 1.80. The summed E-state index contributed by atoms with van der Waals surface area (Å²) in [6.45, 7) is 0. The van der Waals surface area contributed by atoms with E-state index in [2.05, 4.69) is 5.10 Å². The summed E-state index contributed by atoms with van der Waals surface area (Å²) in [6.07, 6.45) is 0. The van der Waals surface area contributed by atoms with E-state index >= 15 is 0 Å². The van der Waals surface area contributed by atoms with E-state index in [1.807, 2.05) is 0 Å². The second-order valence-electron chi connectivity index (χ2n) is 3.46. The van der Waals surface area contributed by atoms with Crippen LogP contribution in [0.4, 0.5) is 14.6 Å². The minimum absolute atomic E-state index is 0.142. The van der Waals surface area contributed by atoms with Crippen molar-refractivity contribution >= 4 is 17.4 Å². The highest BCUT2D eigenvalue weighted by atomic mass is 35.5. The van der Waals surface area contributed by atoms with Crippen LogP contribution in [0.1, 0.15) is 0 Å². The molecule has 0 aliphatic rings. The van der Waals surface area contributed by atoms with Gasteiger partial charge in [-0.3, -0.25) is 4.68 Å². The second-order valence-corrected chi connectivity index (χ2v) is 3.87. The van der Waals surface area contributed by atoms with Gasteiger partial charge in [-0.1, -0.05) is 11.6 Å². The molecule has 1 aromatic heterocycles. The fourth-order valence-corrected chi connectivity index (χ4v) is 1.58. The van der Waals surface area contributed by atoms with Crippen molar-refractivity contribution in [3.8, 4) is 17.0 Å². The van der Waals surface area contributed by atoms with Crippen LogP contribution < -0.4 is 5.73 Å². The number of aromatic hydroxyl groups is 1. The molecule has 0 aliphatic carbocycles. The fraction of sp³-hybridized carbons (Fsp3) is 0.100. The third-order valence-corrected chi connectivity index (χ3v) is 2.61. The monoisotopic (exact) mass is 259 g/mol. The first-order valence-electron chi connectivity index (χ1n) is 4.58. The highest BCUT2D eigenvalue weighted by Gasteiger charge is 2.20. The van der Waals surface area contributed by atoms with E-state index in [1.54, 1.807) is 7.05 Å². The third-order valence-electron chi connectivity index (χ3n) is 2.33. The summed E-state index contributed by atoms with van der Waals surface area (Å²) in [4.78, 5) is 0. The predicted octanol–water partition coefficient (Wildman–Crippen LogP) is 2.31. The molecular weight excluding hydrogens is 252 g/mol. The van der Waals surface area contributed by atoms with Crippen LogP contribution in [0.2, 0.25) is 5.02 Å². The smallest absolute Gasteiger partial charge is 0.202 e. The maximum absolute atomic E-state index is 13.6. The van der Waals surface area contributed by atoms with Crippen LogP contribution in [0.25, 0.3) is 11.3 Å². The molecule has 0 saturated heterocycles. The molecule has 0 amide bonds. The van der Waals surface area contributed by atoms with Crippen LogP contribution >= 0.6 is 11.6 Å². The maximum Gasteiger partial charge on any atom is 0.202 e. The SMILES string of the molecule is Cn1nc(-c2cc(Cl)c(O)c(F)c2F)cc1N. The highest BCUT2D eigenvalue weighted by molar-refractivity contribution is 6.32. The largest absolute Gasteiger partial charge is 0.504 e. The van der Waals surface area contributed by atoms with E-state index < -0.39 is 17.4 Å². The van der Waals surface area contributed by atoms with Gasteiger partial charge in [0.25, 0.3) is 0 Å². The van der Waals surface area contributed by atoms with Crippen molar-refractivity contribution in [1.82, 2.24) is 9.78 Å². The number of nitrogens with two attached hydrogens (primary N) is 1. The lowest BCUT2D eigenvalue weighted by Crippen LogP contribution is -1.97. The first-order chi connectivity index (χ1) is 7.91. The van der Waals surface area contributed by atoms with Crippen LogP contribution in [-0.4, -0.2) is 14.9 Å². The molecule has 0 saturated carbocycles. The van der Waals surface area contributed by atoms with Gasteiger partial charge in [0, 0.05) is 18.7 Å². The van der Waals surface area contributed by atoms with Crippen LogP contribution in [0, 0.1) is 11.6 Å². The summed E-state index contributed by atoms with van der Waals surface area (Å²) in [5.41, 5.74) is 5.52. The number of nitrogens with zero attached hydrogens (tertiary/aromatic N) is 2. The van der Waals surface area contributed by atoms with E-state index in [9.17, 15) is 8.78 Å². The highest BCUT2D eigenvalue weighted by Crippen LogP contribution is 2.35. The van der Waals surface area contributed by atoms with Crippen molar-refractivity contribution in [1.29, 1.82) is 0 Å². The quantitative estimate of drug-likeness (QED) is 0.773. The van der Waals surface area contributed by atoms with Gasteiger partial charge >= 0.3 is 0 Å². The van der Waals surface area contributed by atoms with Gasteiger partial charge in [0.1, 0.15) is 5.82 Å². The zero-order valence-electron chi connectivity index (χ0n) is 8.71. The standard InChI is InChI=1S/C10H8ClF2N3O/c1-16-7(14)3-6(15-16)4-2-5(11)10(17)9(13)8(4)12/h2-3,17H,14H2,1H3. The van der Waals surface area contributed by atoms with Crippen LogP contribution in [-0.2, 0) is 7.05 Å². The summed E-state index contributed by atoms with van der Waals surface area (Å²) >= 11 is 5.57. The number of rotatable bonds is 1. The van der Waals surface area contributed by atoms with E-state index in [1.165, 1.54) is 10.7 Å². The van der Waals surface area contributed by atoms with E-state index in [4.69, 9.17) is 22.4 Å². The zero-order chi connectivity index (χ0) is 12.7. The lowest BCUT2D eigenvalue weighted by atomic mass is 10.1. The number of anilines is 1. The van der Waals surface area contributed by atoms with Crippen molar-refractivity contribution in [3.63, 3.8) is 0 Å². The Morgan fingerprint density at radius 2 is 2.00 bits per heavy atom. The second kappa shape index (κ2) is 3.89. The molecule has 0 fully saturated rings. The number of phenolic OH excluding ortho intramolecular Hbond substituents is 1. The van der Waals surface area contributed by atoms with Gasteiger partial charge in [0.05, 0.1) is 10.7 Å². The fourth-order valence-electron chi connectivity index (χ4n) is 1.39. The lowest BCUT2D eigenvalue weighted by Gasteiger charge is -2.04. The van der Waals surface area contributed by atoms with Gasteiger partial charge in [-0.25, -0.2) is 4.39 Å². The Kier molecular flexibility index (Phi) is 2.66. The molecule has 1 heterocycles. The number of phenols is 1. The van der Waals surface area contributed by atoms with Gasteiger partial charge in [-0.05, 0) is 6.07 Å². The molecule has 2 rings (SSSR count). The Labute approximate surface area is 100 Å². The van der Waals surface area contributed by atoms with Crippen LogP contribution in [0.3, 0.4) is 0 Å². The summed E-state index contributed by atoms with van der Waals surface area (Å²) in [6, 6.07) is 2.47. The number of nitrogen functional groups attached to an aromatic ring is 1. The zero-order valence-corrected chi connectivity index (χ0v) is 9.46. The molecule has 0 unspecified atom stereocenters. The number of aryl methyl sites for hydroxylation is 1. The Bertz CT molecular complexity index is 578. The van der Waals surface area contributed by atoms with Crippen molar-refractivity contribution in [2.75, 3.05) is 5.73 Å². The molecule has 0 bridgehead atoms. The van der Waals surface area contributed by atoms with E-state index in [0.29, 0.717) is 5.82 Å². The van der Waals surface area contributed by atoms with Gasteiger partial charge in [0.2, 0.25) is 5.82 Å². The normalized spacial score (nSPS) is 10.8. The molecule has 90 valence electrons. The molecule has 7 heteroatoms. The number of halogens is 3. The van der Waals surface area contributed by atoms with E-state index in [0.717, 1.165) is 6.07 Å². The van der Waals surface area contributed by atoms with Gasteiger partial charge in [-0.15, -0.1) is 0 Å². The van der Waals surface area contributed by atoms with Crippen molar-refractivity contribution in [2.45, 2.75) is 0 Å². The molecule has 0 radical (unpaired) electrons. The Hall–Kier alpha value is -1.82. The Morgan fingerprint density at radius 3 is 2.53 bits per heavy atom. The Balaban J connectivity index is 2.68. The minimum atomic E-state index is -1.41. The molecule has 0 spiro atoms. The number of hydrogen-bond donors (Lipinski definition) is 2. The predicted molar refractivity (Wildman–Crippen MR) is 59.6 cm³/mol. The number of benzene rings is 1. The number of hydrogen-bond acceptors (Lipinski definition) is 3. The Morgan fingerprint density at radius 1 is 1.35 bits per heavy atom. The summed E-state index contributed by atoms with van der Waals surface area (Å²) in [7, 11) is 1.56. The van der Waals surface area contributed by atoms with Crippen LogP contribution in [0.15, 0.2) is 12.1 Å². The lowest BCUT2D eigenvalue weighted by molar-refractivity contribution is 0.408. The molecule has 4 nitrogen and oxygen atoms in total. The summed E-state index contributed by atoms with van der Waals surface area (Å²) in [5, 5.41) is 12.7. The number of aromatic nitrogens is 2. The molecule has 3 N–H and O–H groups in total. The minimum Gasteiger partial charge on any atom is -0.504 e. The molecule has 1 aromatic carbocycles. The van der Waals surface area contributed by atoms with Crippen molar-refractivity contribution < 1.29 is 13.9 Å². The molecule has 2 aromatic rings. The molecular formula is C10H8ClF2N3O. The first-order valence-corrected chi connectivity index (χ1v) is 4.96. The van der Waals surface area contributed by atoms with E-state index in [-0.39, 0.29) is 16.3 Å². The average molecular weight is 260 g/mol. The van der Waals surface area contributed by atoms with Crippen molar-refractivity contribution in [2.24, 2.45) is 7.05 Å². The molecule has 0 atom stereocenters. The van der Waals surface area contributed by atoms with Gasteiger partial charge < -0.3 is 10.8 Å². The average Bonchev–Trinajstić information content (AvgIpc) is 2.61. The summed E-state index contributed by atoms with van der Waals surface area (Å²) < 4.78 is 28.2. The van der Waals surface area contributed by atoms with Gasteiger partial charge in [0.15, 0.2) is 11.6 Å². The summed E-state index contributed by atoms with van der Waals surface area (Å²) in [5.74, 6) is -3.25. The van der Waals surface area contributed by atoms with Crippen molar-refractivity contribution in [3.05, 3.63) is 28.8 Å². The molecule has 17 heavy (non-hydrogen) atoms. The maximum atomic E-state index is 13.6.